The molecule has 7 heteroatoms. The molecule has 1 aromatic carbocycles. The second-order valence-electron chi connectivity index (χ2n) is 4.94. The van der Waals surface area contributed by atoms with E-state index in [1.54, 1.807) is 17.6 Å². The minimum atomic E-state index is -4.09. The lowest BCUT2D eigenvalue weighted by Crippen LogP contribution is -2.32. The van der Waals surface area contributed by atoms with Gasteiger partial charge in [0.05, 0.1) is 4.90 Å². The lowest BCUT2D eigenvalue weighted by atomic mass is 10.1. The Kier molecular flexibility index (Phi) is 6.37. The monoisotopic (exact) mass is 325 g/mol. The summed E-state index contributed by atoms with van der Waals surface area (Å²) in [6.45, 7) is 8.89. The molecule has 0 spiro atoms. The fourth-order valence-corrected chi connectivity index (χ4v) is 2.21. The highest BCUT2D eigenvalue weighted by atomic mass is 32.2. The van der Waals surface area contributed by atoms with Gasteiger partial charge in [-0.1, -0.05) is 38.1 Å². The average Bonchev–Trinajstić information content (AvgIpc) is 2.45. The van der Waals surface area contributed by atoms with E-state index in [1.807, 2.05) is 20.8 Å². The number of ether oxygens (including phenoxy) is 1. The third-order valence-electron chi connectivity index (χ3n) is 2.73. The molecular weight excluding hydrogens is 306 g/mol. The Bertz CT molecular complexity index is 658. The first-order valence-corrected chi connectivity index (χ1v) is 8.00. The number of nitrogens with one attached hydrogen (secondary N) is 1. The maximum absolute atomic E-state index is 11.9. The predicted molar refractivity (Wildman–Crippen MR) is 81.4 cm³/mol. The summed E-state index contributed by atoms with van der Waals surface area (Å²) >= 11 is 0. The van der Waals surface area contributed by atoms with Crippen LogP contribution in [0.4, 0.5) is 4.79 Å². The summed E-state index contributed by atoms with van der Waals surface area (Å²) in [5.74, 6) is -0.0197. The zero-order valence-corrected chi connectivity index (χ0v) is 13.5. The quantitative estimate of drug-likeness (QED) is 0.642. The topological polar surface area (TPSA) is 81.7 Å². The van der Waals surface area contributed by atoms with Crippen molar-refractivity contribution in [3.63, 3.8) is 0 Å². The van der Waals surface area contributed by atoms with E-state index in [9.17, 15) is 13.2 Å². The molecule has 1 amide bonds. The van der Waals surface area contributed by atoms with E-state index in [2.05, 4.69) is 16.6 Å². The van der Waals surface area contributed by atoms with Crippen LogP contribution in [0.15, 0.2) is 47.5 Å². The first kappa shape index (κ1) is 18.0. The number of amides is 1. The van der Waals surface area contributed by atoms with Gasteiger partial charge < -0.3 is 4.74 Å². The van der Waals surface area contributed by atoms with Crippen molar-refractivity contribution in [3.05, 3.63) is 48.2 Å². The number of benzene rings is 1. The lowest BCUT2D eigenvalue weighted by Gasteiger charge is -2.17. The van der Waals surface area contributed by atoms with Crippen LogP contribution in [0.5, 0.6) is 0 Å². The normalized spacial score (nSPS) is 12.4. The van der Waals surface area contributed by atoms with Gasteiger partial charge in [0.25, 0.3) is 0 Å². The molecule has 1 aromatic rings. The minimum absolute atomic E-state index is 0.0197. The Morgan fingerprint density at radius 2 is 1.91 bits per heavy atom. The molecule has 1 unspecified atom stereocenters. The fourth-order valence-electron chi connectivity index (χ4n) is 1.47. The first-order valence-electron chi connectivity index (χ1n) is 6.59. The van der Waals surface area contributed by atoms with Crippen molar-refractivity contribution >= 4 is 16.2 Å². The summed E-state index contributed by atoms with van der Waals surface area (Å²) in [7, 11) is -4.09. The average molecular weight is 325 g/mol. The van der Waals surface area contributed by atoms with Crippen LogP contribution in [0.1, 0.15) is 19.4 Å². The molecule has 0 aliphatic rings. The van der Waals surface area contributed by atoms with Crippen molar-refractivity contribution in [2.24, 2.45) is 5.92 Å². The molecule has 0 aromatic heterocycles. The Hall–Kier alpha value is -2.08. The SMILES string of the molecule is C=C=CC(OC(=O)NOS(=O)(=O)c1ccc(C)cc1)C(C)C. The van der Waals surface area contributed by atoms with Gasteiger partial charge in [0.15, 0.2) is 0 Å². The standard InChI is InChI=1S/C15H19NO5S/c1-5-6-14(11(2)3)20-15(17)16-21-22(18,19)13-9-7-12(4)8-10-13/h6-11,14H,1H2,2-4H3,(H,16,17). The predicted octanol–water partition coefficient (Wildman–Crippen LogP) is 2.71. The van der Waals surface area contributed by atoms with Gasteiger partial charge in [-0.15, -0.1) is 10.0 Å². The Labute approximate surface area is 130 Å². The number of hydrogen-bond donors (Lipinski definition) is 1. The highest BCUT2D eigenvalue weighted by Gasteiger charge is 2.20. The summed E-state index contributed by atoms with van der Waals surface area (Å²) in [6, 6.07) is 6.01. The number of rotatable bonds is 6. The van der Waals surface area contributed by atoms with E-state index < -0.39 is 22.3 Å². The van der Waals surface area contributed by atoms with Crippen LogP contribution in [0.2, 0.25) is 0 Å². The summed E-state index contributed by atoms with van der Waals surface area (Å²) in [5, 5.41) is 0. The number of aryl methyl sites for hydroxylation is 1. The Balaban J connectivity index is 2.66. The largest absolute Gasteiger partial charge is 0.440 e. The Morgan fingerprint density at radius 3 is 2.41 bits per heavy atom. The molecule has 0 aliphatic heterocycles. The molecular formula is C15H19NO5S. The molecule has 0 bridgehead atoms. The van der Waals surface area contributed by atoms with Gasteiger partial charge in [0.1, 0.15) is 6.10 Å². The molecule has 0 radical (unpaired) electrons. The zero-order valence-electron chi connectivity index (χ0n) is 12.7. The van der Waals surface area contributed by atoms with E-state index in [1.165, 1.54) is 18.2 Å². The third kappa shape index (κ3) is 5.37. The van der Waals surface area contributed by atoms with Crippen molar-refractivity contribution in [1.82, 2.24) is 5.48 Å². The van der Waals surface area contributed by atoms with Crippen molar-refractivity contribution in [3.8, 4) is 0 Å². The van der Waals surface area contributed by atoms with Crippen molar-refractivity contribution < 1.29 is 22.2 Å². The summed E-state index contributed by atoms with van der Waals surface area (Å²) in [4.78, 5) is 11.5. The molecule has 0 saturated carbocycles. The number of carbonyl (C=O) groups is 1. The fraction of sp³-hybridized carbons (Fsp3) is 0.333. The second kappa shape index (κ2) is 7.79. The summed E-state index contributed by atoms with van der Waals surface area (Å²) < 4.78 is 33.2. The first-order chi connectivity index (χ1) is 10.3. The van der Waals surface area contributed by atoms with Crippen molar-refractivity contribution in [2.45, 2.75) is 31.8 Å². The number of hydrogen-bond acceptors (Lipinski definition) is 5. The Morgan fingerprint density at radius 1 is 1.32 bits per heavy atom. The van der Waals surface area contributed by atoms with Crippen LogP contribution in [0.25, 0.3) is 0 Å². The third-order valence-corrected chi connectivity index (χ3v) is 3.88. The van der Waals surface area contributed by atoms with Crippen molar-refractivity contribution in [1.29, 1.82) is 0 Å². The van der Waals surface area contributed by atoms with Crippen LogP contribution < -0.4 is 5.48 Å². The number of carbonyl (C=O) groups excluding carboxylic acids is 1. The molecule has 6 nitrogen and oxygen atoms in total. The molecule has 22 heavy (non-hydrogen) atoms. The maximum atomic E-state index is 11.9. The van der Waals surface area contributed by atoms with E-state index in [0.29, 0.717) is 0 Å². The molecule has 1 N–H and O–H groups in total. The van der Waals surface area contributed by atoms with Gasteiger partial charge in [0.2, 0.25) is 0 Å². The van der Waals surface area contributed by atoms with Gasteiger partial charge in [-0.25, -0.2) is 4.79 Å². The maximum Gasteiger partial charge on any atom is 0.433 e. The van der Waals surface area contributed by atoms with Crippen LogP contribution in [0.3, 0.4) is 0 Å². The van der Waals surface area contributed by atoms with Crippen molar-refractivity contribution in [2.75, 3.05) is 0 Å². The molecule has 0 heterocycles. The summed E-state index contributed by atoms with van der Waals surface area (Å²) in [5.41, 5.74) is 5.19. The van der Waals surface area contributed by atoms with Gasteiger partial charge in [-0.2, -0.15) is 13.9 Å². The molecule has 1 rings (SSSR count). The van der Waals surface area contributed by atoms with Gasteiger partial charge in [-0.05, 0) is 31.1 Å². The lowest BCUT2D eigenvalue weighted by molar-refractivity contribution is 0.0667. The molecule has 0 aliphatic carbocycles. The van der Waals surface area contributed by atoms with Gasteiger partial charge in [0, 0.05) is 0 Å². The van der Waals surface area contributed by atoms with E-state index >= 15 is 0 Å². The minimum Gasteiger partial charge on any atom is -0.440 e. The van der Waals surface area contributed by atoms with E-state index in [0.717, 1.165) is 5.56 Å². The van der Waals surface area contributed by atoms with Crippen LogP contribution in [-0.4, -0.2) is 20.6 Å². The van der Waals surface area contributed by atoms with Crippen LogP contribution in [-0.2, 0) is 19.1 Å². The van der Waals surface area contributed by atoms with Gasteiger partial charge >= 0.3 is 16.2 Å². The molecule has 120 valence electrons. The van der Waals surface area contributed by atoms with E-state index in [4.69, 9.17) is 4.74 Å². The van der Waals surface area contributed by atoms with E-state index in [-0.39, 0.29) is 10.8 Å². The zero-order chi connectivity index (χ0) is 16.8. The van der Waals surface area contributed by atoms with Gasteiger partial charge in [-0.3, -0.25) is 0 Å². The molecule has 1 atom stereocenters. The highest BCUT2D eigenvalue weighted by molar-refractivity contribution is 7.86. The van der Waals surface area contributed by atoms with Crippen LogP contribution in [0, 0.1) is 12.8 Å². The molecule has 0 fully saturated rings. The highest BCUT2D eigenvalue weighted by Crippen LogP contribution is 2.13. The number of hydroxylamine groups is 1. The second-order valence-corrected chi connectivity index (χ2v) is 6.48. The smallest absolute Gasteiger partial charge is 0.433 e. The molecule has 0 saturated heterocycles. The summed E-state index contributed by atoms with van der Waals surface area (Å²) in [6.07, 6.45) is -0.123. The van der Waals surface area contributed by atoms with Crippen LogP contribution >= 0.6 is 0 Å².